The summed E-state index contributed by atoms with van der Waals surface area (Å²) in [7, 11) is 1.50. The fourth-order valence-corrected chi connectivity index (χ4v) is 10.1. The minimum Gasteiger partial charge on any atom is -0.456 e. The van der Waals surface area contributed by atoms with Gasteiger partial charge in [-0.2, -0.15) is 0 Å². The summed E-state index contributed by atoms with van der Waals surface area (Å²) in [5.74, 6) is -0.499. The molecule has 1 amide bonds. The highest BCUT2D eigenvalue weighted by atomic mass is 31.2. The molecule has 436 valence electrons. The number of esters is 1. The molecule has 0 aliphatic rings. The maximum absolute atomic E-state index is 13.5. The number of nitrogens with zero attached hydrogens (tertiary/aromatic N) is 1. The third-order valence-corrected chi connectivity index (χ3v) is 15.3. The van der Waals surface area contributed by atoms with Crippen LogP contribution < -0.4 is 5.32 Å². The molecular weight excluding hydrogens is 940 g/mol. The van der Waals surface area contributed by atoms with E-state index < -0.39 is 20.0 Å². The highest BCUT2D eigenvalue weighted by Crippen LogP contribution is 2.43. The molecule has 0 aromatic rings. The quantitative estimate of drug-likeness (QED) is 0.0205. The Bertz CT molecular complexity index is 1360. The van der Waals surface area contributed by atoms with Crippen molar-refractivity contribution < 1.29 is 37.3 Å². The molecule has 0 aromatic carbocycles. The predicted octanol–water partition coefficient (Wildman–Crippen LogP) is 19.5. The minimum atomic E-state index is -4.45. The van der Waals surface area contributed by atoms with Crippen LogP contribution in [0.3, 0.4) is 0 Å². The molecule has 3 atom stereocenters. The fourth-order valence-electron chi connectivity index (χ4n) is 9.34. The first kappa shape index (κ1) is 72.2. The lowest BCUT2D eigenvalue weighted by Crippen LogP contribution is -2.47. The number of carbonyl (C=O) groups is 2. The first-order chi connectivity index (χ1) is 35.9. The maximum atomic E-state index is 13.5. The Morgan fingerprint density at radius 3 is 1.16 bits per heavy atom. The molecule has 0 fully saturated rings. The lowest BCUT2D eigenvalue weighted by atomic mass is 10.0. The summed E-state index contributed by atoms with van der Waals surface area (Å²) in [5, 5.41) is 3.06. The van der Waals surface area contributed by atoms with Crippen molar-refractivity contribution >= 4 is 19.7 Å². The number of phosphoric acid groups is 1. The number of ether oxygens (including phenoxy) is 1. The number of carbonyl (C=O) groups excluding carboxylic acids is 2. The zero-order valence-electron chi connectivity index (χ0n) is 49.9. The topological polar surface area (TPSA) is 111 Å². The van der Waals surface area contributed by atoms with E-state index in [0.717, 1.165) is 64.2 Å². The summed E-state index contributed by atoms with van der Waals surface area (Å²) in [5.41, 5.74) is 0. The third kappa shape index (κ3) is 55.0. The smallest absolute Gasteiger partial charge is 0.456 e. The van der Waals surface area contributed by atoms with Crippen molar-refractivity contribution in [1.82, 2.24) is 5.32 Å². The molecule has 0 heterocycles. The van der Waals surface area contributed by atoms with Crippen LogP contribution in [0.5, 0.6) is 0 Å². The molecule has 0 radical (unpaired) electrons. The van der Waals surface area contributed by atoms with E-state index in [1.807, 2.05) is 33.3 Å². The number of nitrogens with one attached hydrogen (secondary N) is 1. The number of hydrogen-bond acceptors (Lipinski definition) is 6. The molecule has 0 saturated carbocycles. The molecule has 9 nitrogen and oxygen atoms in total. The molecule has 0 spiro atoms. The van der Waals surface area contributed by atoms with Gasteiger partial charge in [-0.1, -0.05) is 250 Å². The van der Waals surface area contributed by atoms with Crippen LogP contribution in [-0.4, -0.2) is 74.3 Å². The van der Waals surface area contributed by atoms with Crippen molar-refractivity contribution in [3.05, 3.63) is 36.5 Å². The second-order valence-corrected chi connectivity index (χ2v) is 24.4. The minimum absolute atomic E-state index is 0.0411. The Morgan fingerprint density at radius 2 is 0.784 bits per heavy atom. The molecule has 3 unspecified atom stereocenters. The first-order valence-corrected chi connectivity index (χ1v) is 33.3. The molecular formula is C64H124N2O7P+. The molecule has 0 aliphatic carbocycles. The molecule has 0 bridgehead atoms. The lowest BCUT2D eigenvalue weighted by Gasteiger charge is -2.27. The summed E-state index contributed by atoms with van der Waals surface area (Å²) < 4.78 is 30.7. The van der Waals surface area contributed by atoms with Gasteiger partial charge in [-0.15, -0.1) is 0 Å². The van der Waals surface area contributed by atoms with Crippen LogP contribution in [0.25, 0.3) is 0 Å². The second kappa shape index (κ2) is 54.6. The van der Waals surface area contributed by atoms with Crippen molar-refractivity contribution in [2.24, 2.45) is 0 Å². The van der Waals surface area contributed by atoms with Gasteiger partial charge in [-0.05, 0) is 83.1 Å². The summed E-state index contributed by atoms with van der Waals surface area (Å²) in [6.45, 7) is 7.02. The van der Waals surface area contributed by atoms with Crippen LogP contribution in [0.1, 0.15) is 310 Å². The van der Waals surface area contributed by atoms with Crippen molar-refractivity contribution in [1.29, 1.82) is 0 Å². The number of rotatable bonds is 58. The van der Waals surface area contributed by atoms with Crippen LogP contribution in [0, 0.1) is 0 Å². The van der Waals surface area contributed by atoms with Gasteiger partial charge in [0.1, 0.15) is 19.3 Å². The Balaban J connectivity index is 5.19. The summed E-state index contributed by atoms with van der Waals surface area (Å²) in [4.78, 5) is 37.7. The van der Waals surface area contributed by atoms with Gasteiger partial charge < -0.3 is 19.4 Å². The van der Waals surface area contributed by atoms with E-state index in [9.17, 15) is 19.0 Å². The number of amides is 1. The number of likely N-dealkylation sites (N-methyl/N-ethyl adjacent to an activating group) is 1. The van der Waals surface area contributed by atoms with Gasteiger partial charge in [0.2, 0.25) is 5.91 Å². The van der Waals surface area contributed by atoms with Crippen LogP contribution in [0.2, 0.25) is 0 Å². The van der Waals surface area contributed by atoms with Gasteiger partial charge in [0, 0.05) is 12.8 Å². The standard InChI is InChI=1S/C64H123N2O7P/c1-7-10-13-16-19-22-25-28-30-31-32-33-34-35-37-39-42-45-48-51-54-57-64(68)73-62(55-52-49-46-43-40-27-24-21-18-15-12-9-3)61(60-72-74(69,70)71-59-58-66(4,5)6)65-63(67)56-53-50-47-44-41-38-36-29-26-23-20-17-14-11-8-2/h23,26,28,30,52,55,61-62H,7-22,24-25,27,29,31-51,53-54,56-60H2,1-6H3,(H-,65,67,69,70)/p+1/b26-23-,30-28+,55-52-. The van der Waals surface area contributed by atoms with Gasteiger partial charge in [0.25, 0.3) is 0 Å². The van der Waals surface area contributed by atoms with E-state index in [1.165, 1.54) is 212 Å². The second-order valence-electron chi connectivity index (χ2n) is 22.9. The molecule has 0 saturated heterocycles. The van der Waals surface area contributed by atoms with E-state index in [1.54, 1.807) is 0 Å². The lowest BCUT2D eigenvalue weighted by molar-refractivity contribution is -0.870. The van der Waals surface area contributed by atoms with Gasteiger partial charge in [-0.3, -0.25) is 18.6 Å². The fraction of sp³-hybridized carbons (Fsp3) is 0.875. The predicted molar refractivity (Wildman–Crippen MR) is 319 cm³/mol. The summed E-state index contributed by atoms with van der Waals surface area (Å²) in [6, 6.07) is -0.847. The van der Waals surface area contributed by atoms with Gasteiger partial charge in [-0.25, -0.2) is 4.57 Å². The van der Waals surface area contributed by atoms with E-state index >= 15 is 0 Å². The molecule has 0 aliphatic heterocycles. The zero-order valence-corrected chi connectivity index (χ0v) is 50.7. The highest BCUT2D eigenvalue weighted by molar-refractivity contribution is 7.47. The van der Waals surface area contributed by atoms with Crippen LogP contribution >= 0.6 is 7.82 Å². The van der Waals surface area contributed by atoms with E-state index in [4.69, 9.17) is 13.8 Å². The summed E-state index contributed by atoms with van der Waals surface area (Å²) in [6.07, 6.45) is 65.7. The Hall–Kier alpha value is -1.77. The molecule has 74 heavy (non-hydrogen) atoms. The van der Waals surface area contributed by atoms with Gasteiger partial charge >= 0.3 is 13.8 Å². The van der Waals surface area contributed by atoms with Gasteiger partial charge in [0.05, 0.1) is 33.8 Å². The number of quaternary nitrogens is 1. The van der Waals surface area contributed by atoms with Crippen LogP contribution in [0.4, 0.5) is 0 Å². The largest absolute Gasteiger partial charge is 0.472 e. The zero-order chi connectivity index (χ0) is 54.3. The first-order valence-electron chi connectivity index (χ1n) is 31.8. The molecule has 10 heteroatoms. The van der Waals surface area contributed by atoms with Crippen molar-refractivity contribution in [2.45, 2.75) is 322 Å². The Labute approximate surface area is 459 Å². The SMILES string of the molecule is CCCCCC/C=C\CCCCCCCCCC(=O)NC(COP(=O)(O)OCC[N+](C)(C)C)C(/C=C\CCCCCCCCCCCC)OC(=O)CCCCCCCCCCCCC/C=C/CCCCCCCC. The van der Waals surface area contributed by atoms with Crippen molar-refractivity contribution in [2.75, 3.05) is 40.9 Å². The van der Waals surface area contributed by atoms with Gasteiger partial charge in [0.15, 0.2) is 0 Å². The van der Waals surface area contributed by atoms with Crippen molar-refractivity contribution in [3.8, 4) is 0 Å². The van der Waals surface area contributed by atoms with E-state index in [0.29, 0.717) is 23.9 Å². The average Bonchev–Trinajstić information content (AvgIpc) is 3.36. The number of hydrogen-bond donors (Lipinski definition) is 2. The maximum Gasteiger partial charge on any atom is 0.472 e. The van der Waals surface area contributed by atoms with Crippen LogP contribution in [0.15, 0.2) is 36.5 Å². The monoisotopic (exact) mass is 1060 g/mol. The average molecular weight is 1060 g/mol. The van der Waals surface area contributed by atoms with E-state index in [2.05, 4.69) is 50.4 Å². The number of phosphoric ester groups is 1. The van der Waals surface area contributed by atoms with Crippen LogP contribution in [-0.2, 0) is 27.9 Å². The third-order valence-electron chi connectivity index (χ3n) is 14.3. The van der Waals surface area contributed by atoms with E-state index in [-0.39, 0.29) is 25.1 Å². The Morgan fingerprint density at radius 1 is 0.459 bits per heavy atom. The molecule has 0 aromatic heterocycles. The normalized spacial score (nSPS) is 13.9. The number of unbranched alkanes of at least 4 members (excludes halogenated alkanes) is 38. The van der Waals surface area contributed by atoms with Crippen molar-refractivity contribution in [3.63, 3.8) is 0 Å². The molecule has 0 rings (SSSR count). The summed E-state index contributed by atoms with van der Waals surface area (Å²) >= 11 is 0. The number of allylic oxidation sites excluding steroid dienone is 5. The highest BCUT2D eigenvalue weighted by Gasteiger charge is 2.30. The Kier molecular flexibility index (Phi) is 53.3. The molecule has 2 N–H and O–H groups in total.